The molecule has 30 heavy (non-hydrogen) atoms. The van der Waals surface area contributed by atoms with Gasteiger partial charge in [-0.1, -0.05) is 30.3 Å². The van der Waals surface area contributed by atoms with Crippen molar-refractivity contribution in [2.24, 2.45) is 17.8 Å². The monoisotopic (exact) mass is 412 g/mol. The Morgan fingerprint density at radius 2 is 1.97 bits per heavy atom. The molecule has 0 spiro atoms. The average Bonchev–Trinajstić information content (AvgIpc) is 3.12. The third kappa shape index (κ3) is 3.10. The maximum Gasteiger partial charge on any atom is 0.254 e. The zero-order chi connectivity index (χ0) is 23.3. The fraction of sp³-hybridized carbons (Fsp3) is 0.417. The number of alkyl halides is 1. The van der Waals surface area contributed by atoms with Gasteiger partial charge in [0.1, 0.15) is 18.5 Å². The number of carbonyl (C=O) groups is 2. The quantitative estimate of drug-likeness (QED) is 0.739. The van der Waals surface area contributed by atoms with Crippen molar-refractivity contribution in [3.63, 3.8) is 0 Å². The van der Waals surface area contributed by atoms with Crippen molar-refractivity contribution in [2.75, 3.05) is 26.9 Å². The van der Waals surface area contributed by atoms with Crippen LogP contribution in [0.4, 0.5) is 4.39 Å². The summed E-state index contributed by atoms with van der Waals surface area (Å²) < 4.78 is 47.4. The Morgan fingerprint density at radius 1 is 1.20 bits per heavy atom. The van der Waals surface area contributed by atoms with Crippen LogP contribution in [0.3, 0.4) is 0 Å². The van der Waals surface area contributed by atoms with Crippen LogP contribution in [0.15, 0.2) is 42.5 Å². The van der Waals surface area contributed by atoms with Gasteiger partial charge < -0.3 is 14.8 Å². The predicted molar refractivity (Wildman–Crippen MR) is 109 cm³/mol. The summed E-state index contributed by atoms with van der Waals surface area (Å²) in [7, 11) is 0. The highest BCUT2D eigenvalue weighted by atomic mass is 19.1. The molecular formula is C24H24FNO4. The summed E-state index contributed by atoms with van der Waals surface area (Å²) in [6, 6.07) is 12.2. The lowest BCUT2D eigenvalue weighted by Crippen LogP contribution is -2.22. The van der Waals surface area contributed by atoms with Crippen LogP contribution in [-0.4, -0.2) is 44.7 Å². The van der Waals surface area contributed by atoms with Gasteiger partial charge in [0.25, 0.3) is 5.91 Å². The first-order valence-electron chi connectivity index (χ1n) is 11.7. The van der Waals surface area contributed by atoms with Crippen molar-refractivity contribution in [3.05, 3.63) is 64.7 Å². The Morgan fingerprint density at radius 3 is 2.67 bits per heavy atom. The third-order valence-corrected chi connectivity index (χ3v) is 6.64. The zero-order valence-electron chi connectivity index (χ0n) is 19.3. The topological polar surface area (TPSA) is 64.6 Å². The van der Waals surface area contributed by atoms with E-state index < -0.39 is 31.6 Å². The highest BCUT2D eigenvalue weighted by Gasteiger charge is 2.54. The van der Waals surface area contributed by atoms with Crippen LogP contribution in [0, 0.1) is 17.8 Å². The van der Waals surface area contributed by atoms with E-state index in [0.29, 0.717) is 42.6 Å². The standard InChI is InChI=1S/C24H24FNO4/c1-26-24(28)17-8-14(20(27)9-15-18-11-29-12-19(15)18)7-16-22(13-5-3-2-4-6-13)21(10-25)30-23(16)17/h2-8,15,18-19,21-22H,9-12H2,1H3,(H,26,28)/t15?,18-,19+,21-,22+/m1/s1/i1D3. The van der Waals surface area contributed by atoms with E-state index in [9.17, 15) is 14.0 Å². The number of ketones is 1. The Labute approximate surface area is 178 Å². The van der Waals surface area contributed by atoms with Gasteiger partial charge >= 0.3 is 0 Å². The lowest BCUT2D eigenvalue weighted by atomic mass is 9.86. The van der Waals surface area contributed by atoms with E-state index in [1.807, 2.05) is 35.6 Å². The SMILES string of the molecule is [2H]C([2H])([2H])NC(=O)c1cc(C(=O)CC2[C@H]3COC[C@@H]23)cc2c1O[C@H](CF)[C@H]2c1ccccc1. The molecule has 1 unspecified atom stereocenters. The van der Waals surface area contributed by atoms with Crippen LogP contribution < -0.4 is 10.1 Å². The molecule has 3 aliphatic rings. The van der Waals surface area contributed by atoms with Crippen molar-refractivity contribution in [1.82, 2.24) is 5.32 Å². The molecule has 5 rings (SSSR count). The summed E-state index contributed by atoms with van der Waals surface area (Å²) in [5.41, 5.74) is 1.55. The van der Waals surface area contributed by atoms with Crippen LogP contribution in [0.2, 0.25) is 0 Å². The number of rotatable bonds is 6. The molecule has 0 aromatic heterocycles. The molecule has 5 atom stereocenters. The molecule has 5 nitrogen and oxygen atoms in total. The summed E-state index contributed by atoms with van der Waals surface area (Å²) in [5, 5.41) is 1.96. The largest absolute Gasteiger partial charge is 0.486 e. The van der Waals surface area contributed by atoms with Gasteiger partial charge in [-0.05, 0) is 35.4 Å². The van der Waals surface area contributed by atoms with E-state index in [-0.39, 0.29) is 23.0 Å². The first kappa shape index (κ1) is 16.0. The van der Waals surface area contributed by atoms with Gasteiger partial charge in [-0.3, -0.25) is 9.59 Å². The fourth-order valence-corrected chi connectivity index (χ4v) is 5.00. The molecule has 2 aromatic rings. The van der Waals surface area contributed by atoms with Gasteiger partial charge in [0.2, 0.25) is 0 Å². The number of Topliss-reactive ketones (excluding diaryl/α,β-unsaturated/α-hetero) is 1. The summed E-state index contributed by atoms with van der Waals surface area (Å²) in [6.45, 7) is -2.18. The van der Waals surface area contributed by atoms with E-state index in [0.717, 1.165) is 5.56 Å². The van der Waals surface area contributed by atoms with E-state index in [4.69, 9.17) is 13.6 Å². The Hall–Kier alpha value is -2.73. The normalized spacial score (nSPS) is 30.3. The maximum atomic E-state index is 14.0. The number of amides is 1. The average molecular weight is 412 g/mol. The second-order valence-corrected chi connectivity index (χ2v) is 8.25. The minimum absolute atomic E-state index is 0.0665. The molecule has 0 radical (unpaired) electrons. The first-order chi connectivity index (χ1) is 15.8. The molecule has 2 aromatic carbocycles. The van der Waals surface area contributed by atoms with Crippen molar-refractivity contribution in [3.8, 4) is 5.75 Å². The summed E-state index contributed by atoms with van der Waals surface area (Å²) in [4.78, 5) is 26.0. The lowest BCUT2D eigenvalue weighted by Gasteiger charge is -2.16. The van der Waals surface area contributed by atoms with Crippen LogP contribution in [-0.2, 0) is 4.74 Å². The van der Waals surface area contributed by atoms with Gasteiger partial charge in [0.05, 0.1) is 24.7 Å². The van der Waals surface area contributed by atoms with Crippen molar-refractivity contribution in [1.29, 1.82) is 0 Å². The number of hydrogen-bond acceptors (Lipinski definition) is 4. The van der Waals surface area contributed by atoms with Gasteiger partial charge in [-0.2, -0.15) is 0 Å². The van der Waals surface area contributed by atoms with Crippen LogP contribution in [0.5, 0.6) is 5.75 Å². The summed E-state index contributed by atoms with van der Waals surface area (Å²) in [6.07, 6.45) is -0.548. The molecule has 1 saturated heterocycles. The maximum absolute atomic E-state index is 14.0. The van der Waals surface area contributed by atoms with E-state index in [2.05, 4.69) is 0 Å². The minimum atomic E-state index is -2.72. The van der Waals surface area contributed by atoms with E-state index in [1.165, 1.54) is 6.07 Å². The van der Waals surface area contributed by atoms with Gasteiger partial charge in [0, 0.05) is 28.6 Å². The number of carbonyl (C=O) groups excluding carboxylic acids is 2. The van der Waals surface area contributed by atoms with Crippen LogP contribution >= 0.6 is 0 Å². The number of halogens is 1. The molecule has 156 valence electrons. The van der Waals surface area contributed by atoms with Crippen LogP contribution in [0.1, 0.15) is 48.3 Å². The number of benzene rings is 2. The minimum Gasteiger partial charge on any atom is -0.486 e. The molecule has 6 heteroatoms. The fourth-order valence-electron chi connectivity index (χ4n) is 5.00. The Bertz CT molecular complexity index is 1080. The first-order valence-corrected chi connectivity index (χ1v) is 10.2. The molecule has 2 heterocycles. The lowest BCUT2D eigenvalue weighted by molar-refractivity contribution is 0.0950. The zero-order valence-corrected chi connectivity index (χ0v) is 16.3. The van der Waals surface area contributed by atoms with Gasteiger partial charge in [0.15, 0.2) is 5.78 Å². The number of nitrogens with one attached hydrogen (secondary N) is 1. The second kappa shape index (κ2) is 7.51. The smallest absolute Gasteiger partial charge is 0.254 e. The summed E-state index contributed by atoms with van der Waals surface area (Å²) in [5.74, 6) is -0.344. The summed E-state index contributed by atoms with van der Waals surface area (Å²) >= 11 is 0. The van der Waals surface area contributed by atoms with Gasteiger partial charge in [-0.15, -0.1) is 0 Å². The highest BCUT2D eigenvalue weighted by molar-refractivity contribution is 6.03. The van der Waals surface area contributed by atoms with E-state index >= 15 is 0 Å². The molecule has 2 fully saturated rings. The molecule has 1 aliphatic carbocycles. The third-order valence-electron chi connectivity index (χ3n) is 6.64. The predicted octanol–water partition coefficient (Wildman–Crippen LogP) is 3.37. The molecule has 1 amide bonds. The number of hydrogen-bond donors (Lipinski definition) is 1. The Balaban J connectivity index is 1.55. The second-order valence-electron chi connectivity index (χ2n) is 8.25. The number of fused-ring (bicyclic) bond motifs is 2. The van der Waals surface area contributed by atoms with Crippen molar-refractivity contribution in [2.45, 2.75) is 18.4 Å². The van der Waals surface area contributed by atoms with Crippen molar-refractivity contribution >= 4 is 11.7 Å². The number of ether oxygens (including phenoxy) is 2. The van der Waals surface area contributed by atoms with Crippen molar-refractivity contribution < 1.29 is 27.6 Å². The molecule has 1 saturated carbocycles. The highest BCUT2D eigenvalue weighted by Crippen LogP contribution is 2.53. The van der Waals surface area contributed by atoms with Crippen LogP contribution in [0.25, 0.3) is 0 Å². The molecule has 0 bridgehead atoms. The van der Waals surface area contributed by atoms with E-state index in [1.54, 1.807) is 6.07 Å². The molecular weight excluding hydrogens is 385 g/mol. The van der Waals surface area contributed by atoms with Gasteiger partial charge in [-0.25, -0.2) is 4.39 Å². The molecule has 1 N–H and O–H groups in total. The Kier molecular flexibility index (Phi) is 4.01. The molecule has 2 aliphatic heterocycles.